The van der Waals surface area contributed by atoms with Gasteiger partial charge in [0, 0.05) is 26.6 Å². The zero-order chi connectivity index (χ0) is 16.2. The average molecular weight is 317 g/mol. The molecule has 0 bridgehead atoms. The van der Waals surface area contributed by atoms with E-state index in [1.165, 1.54) is 5.56 Å². The Bertz CT molecular complexity index is 642. The molecule has 0 N–H and O–H groups in total. The molecule has 2 heterocycles. The number of aryl methyl sites for hydroxylation is 1. The van der Waals surface area contributed by atoms with E-state index < -0.39 is 0 Å². The van der Waals surface area contributed by atoms with Crippen molar-refractivity contribution in [1.82, 2.24) is 15.0 Å². The smallest absolute Gasteiger partial charge is 0.223 e. The average Bonchev–Trinajstić information content (AvgIpc) is 2.94. The van der Waals surface area contributed by atoms with E-state index in [2.05, 4.69) is 27.2 Å². The third-order valence-electron chi connectivity index (χ3n) is 3.66. The Labute approximate surface area is 136 Å². The van der Waals surface area contributed by atoms with Crippen molar-refractivity contribution >= 4 is 0 Å². The van der Waals surface area contributed by atoms with Gasteiger partial charge in [0.1, 0.15) is 11.9 Å². The molecule has 0 saturated carbocycles. The van der Waals surface area contributed by atoms with Gasteiger partial charge < -0.3 is 14.0 Å². The molecule has 0 unspecified atom stereocenters. The summed E-state index contributed by atoms with van der Waals surface area (Å²) in [5.74, 6) is 2.11. The van der Waals surface area contributed by atoms with E-state index in [0.29, 0.717) is 18.3 Å². The summed E-state index contributed by atoms with van der Waals surface area (Å²) >= 11 is 0. The molecule has 1 fully saturated rings. The predicted molar refractivity (Wildman–Crippen MR) is 85.2 cm³/mol. The molecule has 6 heteroatoms. The maximum Gasteiger partial charge on any atom is 0.223 e. The molecule has 1 atom stereocenters. The summed E-state index contributed by atoms with van der Waals surface area (Å²) in [5.41, 5.74) is 1.23. The van der Waals surface area contributed by atoms with Gasteiger partial charge in [0.15, 0.2) is 0 Å². The summed E-state index contributed by atoms with van der Waals surface area (Å²) < 4.78 is 16.6. The molecule has 1 aromatic carbocycles. The van der Waals surface area contributed by atoms with E-state index in [9.17, 15) is 0 Å². The molecule has 1 aromatic heterocycles. The number of nitrogens with zero attached hydrogens (tertiary/aromatic N) is 3. The minimum Gasteiger partial charge on any atom is -0.491 e. The van der Waals surface area contributed by atoms with Gasteiger partial charge >= 0.3 is 0 Å². The lowest BCUT2D eigenvalue weighted by Gasteiger charge is -2.31. The lowest BCUT2D eigenvalue weighted by molar-refractivity contribution is -0.0380. The fraction of sp³-hybridized carbons (Fsp3) is 0.529. The van der Waals surface area contributed by atoms with Crippen LogP contribution in [-0.4, -0.2) is 40.8 Å². The highest BCUT2D eigenvalue weighted by atomic mass is 16.5. The second kappa shape index (κ2) is 7.10. The number of hydrogen-bond donors (Lipinski definition) is 0. The van der Waals surface area contributed by atoms with E-state index in [1.54, 1.807) is 6.92 Å². The van der Waals surface area contributed by atoms with Crippen molar-refractivity contribution in [3.05, 3.63) is 41.5 Å². The van der Waals surface area contributed by atoms with Gasteiger partial charge in [-0.2, -0.15) is 4.98 Å². The minimum atomic E-state index is -0.128. The number of hydrogen-bond acceptors (Lipinski definition) is 6. The molecule has 3 rings (SSSR count). The molecule has 1 saturated heterocycles. The van der Waals surface area contributed by atoms with Crippen LogP contribution in [-0.2, 0) is 11.3 Å². The van der Waals surface area contributed by atoms with Crippen LogP contribution in [0.15, 0.2) is 28.8 Å². The van der Waals surface area contributed by atoms with Gasteiger partial charge in [-0.15, -0.1) is 0 Å². The first-order chi connectivity index (χ1) is 11.1. The highest BCUT2D eigenvalue weighted by Gasteiger charge is 2.25. The molecule has 1 aliphatic rings. The lowest BCUT2D eigenvalue weighted by atomic mass is 10.1. The van der Waals surface area contributed by atoms with Crippen LogP contribution in [0.25, 0.3) is 0 Å². The fourth-order valence-corrected chi connectivity index (χ4v) is 2.70. The number of aromatic nitrogens is 2. The summed E-state index contributed by atoms with van der Waals surface area (Å²) in [7, 11) is 0. The molecule has 0 aliphatic carbocycles. The van der Waals surface area contributed by atoms with E-state index in [1.807, 2.05) is 26.0 Å². The van der Waals surface area contributed by atoms with Crippen LogP contribution in [0.3, 0.4) is 0 Å². The third kappa shape index (κ3) is 4.30. The van der Waals surface area contributed by atoms with Crippen LogP contribution in [0.1, 0.15) is 37.2 Å². The molecule has 0 radical (unpaired) electrons. The van der Waals surface area contributed by atoms with Gasteiger partial charge in [0.25, 0.3) is 0 Å². The molecular formula is C17H23N3O3. The number of benzene rings is 1. The van der Waals surface area contributed by atoms with Crippen molar-refractivity contribution in [2.24, 2.45) is 0 Å². The number of ether oxygens (including phenoxy) is 2. The zero-order valence-electron chi connectivity index (χ0n) is 13.9. The van der Waals surface area contributed by atoms with Gasteiger partial charge in [-0.25, -0.2) is 0 Å². The van der Waals surface area contributed by atoms with Gasteiger partial charge in [0.05, 0.1) is 12.7 Å². The van der Waals surface area contributed by atoms with Gasteiger partial charge in [-0.3, -0.25) is 4.90 Å². The monoisotopic (exact) mass is 317 g/mol. The zero-order valence-corrected chi connectivity index (χ0v) is 13.9. The topological polar surface area (TPSA) is 60.6 Å². The summed E-state index contributed by atoms with van der Waals surface area (Å²) in [4.78, 5) is 6.61. The van der Waals surface area contributed by atoms with Crippen LogP contribution in [0.5, 0.6) is 5.75 Å². The van der Waals surface area contributed by atoms with E-state index in [0.717, 1.165) is 25.4 Å². The van der Waals surface area contributed by atoms with Gasteiger partial charge in [-0.05, 0) is 31.5 Å². The van der Waals surface area contributed by atoms with Crippen molar-refractivity contribution < 1.29 is 14.0 Å². The standard InChI is InChI=1S/C17H23N3O3/c1-12(2)22-15-6-4-5-14(9-15)10-20-7-8-21-16(11-20)17-18-13(3)23-19-17/h4-6,9,12,16H,7-8,10-11H2,1-3H3/t16-/m0/s1. The molecule has 1 aliphatic heterocycles. The normalized spacial score (nSPS) is 19.2. The van der Waals surface area contributed by atoms with Crippen molar-refractivity contribution in [3.8, 4) is 5.75 Å². The van der Waals surface area contributed by atoms with E-state index in [4.69, 9.17) is 14.0 Å². The maximum atomic E-state index is 5.77. The molecular weight excluding hydrogens is 294 g/mol. The van der Waals surface area contributed by atoms with Gasteiger partial charge in [-0.1, -0.05) is 17.3 Å². The van der Waals surface area contributed by atoms with Crippen molar-refractivity contribution in [1.29, 1.82) is 0 Å². The number of morpholine rings is 1. The van der Waals surface area contributed by atoms with E-state index in [-0.39, 0.29) is 12.2 Å². The fourth-order valence-electron chi connectivity index (χ4n) is 2.70. The first kappa shape index (κ1) is 16.0. The molecule has 0 amide bonds. The summed E-state index contributed by atoms with van der Waals surface area (Å²) in [6.07, 6.45) is 0.0517. The first-order valence-electron chi connectivity index (χ1n) is 8.00. The number of rotatable bonds is 5. The van der Waals surface area contributed by atoms with Crippen molar-refractivity contribution in [2.75, 3.05) is 19.7 Å². The Kier molecular flexibility index (Phi) is 4.93. The Balaban J connectivity index is 1.63. The maximum absolute atomic E-state index is 5.77. The molecule has 23 heavy (non-hydrogen) atoms. The molecule has 2 aromatic rings. The van der Waals surface area contributed by atoms with Crippen LogP contribution < -0.4 is 4.74 Å². The second-order valence-electron chi connectivity index (χ2n) is 6.08. The van der Waals surface area contributed by atoms with E-state index >= 15 is 0 Å². The highest BCUT2D eigenvalue weighted by Crippen LogP contribution is 2.22. The minimum absolute atomic E-state index is 0.128. The molecule has 0 spiro atoms. The predicted octanol–water partition coefficient (Wildman–Crippen LogP) is 2.74. The quantitative estimate of drug-likeness (QED) is 0.845. The van der Waals surface area contributed by atoms with Crippen molar-refractivity contribution in [3.63, 3.8) is 0 Å². The second-order valence-corrected chi connectivity index (χ2v) is 6.08. The molecule has 6 nitrogen and oxygen atoms in total. The van der Waals surface area contributed by atoms with Crippen LogP contribution in [0.2, 0.25) is 0 Å². The Morgan fingerprint density at radius 1 is 1.39 bits per heavy atom. The largest absolute Gasteiger partial charge is 0.491 e. The summed E-state index contributed by atoms with van der Waals surface area (Å²) in [6.45, 7) is 9.03. The summed E-state index contributed by atoms with van der Waals surface area (Å²) in [5, 5.41) is 3.97. The summed E-state index contributed by atoms with van der Waals surface area (Å²) in [6, 6.07) is 8.25. The Hall–Kier alpha value is -1.92. The van der Waals surface area contributed by atoms with Crippen LogP contribution in [0.4, 0.5) is 0 Å². The Morgan fingerprint density at radius 3 is 3.00 bits per heavy atom. The SMILES string of the molecule is Cc1nc([C@@H]2CN(Cc3cccc(OC(C)C)c3)CCO2)no1. The first-order valence-corrected chi connectivity index (χ1v) is 8.00. The lowest BCUT2D eigenvalue weighted by Crippen LogP contribution is -2.38. The van der Waals surface area contributed by atoms with Crippen LogP contribution in [0, 0.1) is 6.92 Å². The van der Waals surface area contributed by atoms with Crippen LogP contribution >= 0.6 is 0 Å². The molecule has 124 valence electrons. The Morgan fingerprint density at radius 2 is 2.26 bits per heavy atom. The van der Waals surface area contributed by atoms with Crippen molar-refractivity contribution in [2.45, 2.75) is 39.5 Å². The highest BCUT2D eigenvalue weighted by molar-refractivity contribution is 5.28. The van der Waals surface area contributed by atoms with Gasteiger partial charge in [0.2, 0.25) is 11.7 Å². The third-order valence-corrected chi connectivity index (χ3v) is 3.66.